The van der Waals surface area contributed by atoms with Crippen molar-refractivity contribution in [1.82, 2.24) is 0 Å². The standard InChI is InChI=1S/C26H22NO2P/c1-29-22-13-11-12-21(20-22)26(28)27-30(23-14-5-2-6-15-23,24-16-7-3-8-17-24)25-18-9-4-10-19-25/h2-20H,1H3. The Kier molecular flexibility index (Phi) is 5.92. The number of carbonyl (C=O) groups is 1. The number of methoxy groups -OCH3 is 1. The Morgan fingerprint density at radius 2 is 1.13 bits per heavy atom. The molecule has 0 aromatic heterocycles. The van der Waals surface area contributed by atoms with E-state index >= 15 is 0 Å². The maximum absolute atomic E-state index is 13.5. The average molecular weight is 411 g/mol. The molecule has 4 aromatic carbocycles. The van der Waals surface area contributed by atoms with Gasteiger partial charge in [-0.1, -0.05) is 97.1 Å². The van der Waals surface area contributed by atoms with Crippen LogP contribution in [-0.4, -0.2) is 13.0 Å². The Bertz CT molecular complexity index is 1090. The smallest absolute Gasteiger partial charge is 0.276 e. The summed E-state index contributed by atoms with van der Waals surface area (Å²) in [5.74, 6) is 0.387. The van der Waals surface area contributed by atoms with Crippen LogP contribution in [0.3, 0.4) is 0 Å². The monoisotopic (exact) mass is 411 g/mol. The number of hydrogen-bond donors (Lipinski definition) is 0. The largest absolute Gasteiger partial charge is 0.497 e. The van der Waals surface area contributed by atoms with Crippen molar-refractivity contribution >= 4 is 28.9 Å². The average Bonchev–Trinajstić information content (AvgIpc) is 2.84. The van der Waals surface area contributed by atoms with Crippen LogP contribution in [0.25, 0.3) is 0 Å². The second kappa shape index (κ2) is 8.94. The van der Waals surface area contributed by atoms with Gasteiger partial charge in [-0.25, -0.2) is 4.74 Å². The highest BCUT2D eigenvalue weighted by Gasteiger charge is 2.28. The van der Waals surface area contributed by atoms with Gasteiger partial charge in [-0.15, -0.1) is 0 Å². The lowest BCUT2D eigenvalue weighted by molar-refractivity contribution is 0.100. The van der Waals surface area contributed by atoms with Crippen molar-refractivity contribution in [1.29, 1.82) is 0 Å². The van der Waals surface area contributed by atoms with Crippen LogP contribution >= 0.6 is 7.05 Å². The lowest BCUT2D eigenvalue weighted by Crippen LogP contribution is -2.26. The number of rotatable bonds is 5. The van der Waals surface area contributed by atoms with Gasteiger partial charge in [0.25, 0.3) is 5.91 Å². The third kappa shape index (κ3) is 3.85. The lowest BCUT2D eigenvalue weighted by Gasteiger charge is -2.26. The highest BCUT2D eigenvalue weighted by molar-refractivity contribution is 7.87. The molecule has 0 atom stereocenters. The van der Waals surface area contributed by atoms with E-state index in [0.29, 0.717) is 11.3 Å². The van der Waals surface area contributed by atoms with Gasteiger partial charge in [-0.2, -0.15) is 0 Å². The molecule has 0 spiro atoms. The number of nitrogens with zero attached hydrogens (tertiary/aromatic N) is 1. The molecule has 4 rings (SSSR count). The predicted molar refractivity (Wildman–Crippen MR) is 125 cm³/mol. The number of ether oxygens (including phenoxy) is 1. The van der Waals surface area contributed by atoms with Gasteiger partial charge in [0.15, 0.2) is 0 Å². The highest BCUT2D eigenvalue weighted by Crippen LogP contribution is 2.46. The first kappa shape index (κ1) is 19.9. The van der Waals surface area contributed by atoms with E-state index in [0.717, 1.165) is 15.9 Å². The van der Waals surface area contributed by atoms with E-state index in [4.69, 9.17) is 9.48 Å². The molecule has 30 heavy (non-hydrogen) atoms. The first-order valence-corrected chi connectivity index (χ1v) is 11.5. The van der Waals surface area contributed by atoms with Crippen molar-refractivity contribution in [3.8, 4) is 5.75 Å². The fourth-order valence-electron chi connectivity index (χ4n) is 3.50. The minimum atomic E-state index is -2.56. The normalized spacial score (nSPS) is 11.0. The Morgan fingerprint density at radius 1 is 0.667 bits per heavy atom. The van der Waals surface area contributed by atoms with Crippen LogP contribution < -0.4 is 20.7 Å². The molecule has 0 N–H and O–H groups in total. The molecule has 0 saturated carbocycles. The van der Waals surface area contributed by atoms with E-state index < -0.39 is 7.05 Å². The summed E-state index contributed by atoms with van der Waals surface area (Å²) >= 11 is 0. The molecular formula is C26H22NO2P. The summed E-state index contributed by atoms with van der Waals surface area (Å²) < 4.78 is 10.3. The SMILES string of the molecule is COc1cccc(C(=O)N=P(c2ccccc2)(c2ccccc2)c2ccccc2)c1. The van der Waals surface area contributed by atoms with Gasteiger partial charge in [-0.3, -0.25) is 4.79 Å². The van der Waals surface area contributed by atoms with Crippen molar-refractivity contribution in [3.05, 3.63) is 121 Å². The number of amides is 1. The fraction of sp³-hybridized carbons (Fsp3) is 0.0385. The number of hydrogen-bond acceptors (Lipinski definition) is 2. The Morgan fingerprint density at radius 3 is 1.57 bits per heavy atom. The molecule has 1 amide bonds. The molecule has 0 heterocycles. The summed E-state index contributed by atoms with van der Waals surface area (Å²) in [7, 11) is -0.971. The quantitative estimate of drug-likeness (QED) is 0.433. The second-order valence-electron chi connectivity index (χ2n) is 6.78. The minimum absolute atomic E-state index is 0.251. The van der Waals surface area contributed by atoms with Gasteiger partial charge in [0, 0.05) is 21.5 Å². The van der Waals surface area contributed by atoms with E-state index in [9.17, 15) is 4.79 Å². The van der Waals surface area contributed by atoms with Gasteiger partial charge in [0.1, 0.15) is 5.75 Å². The Labute approximate surface area is 177 Å². The first-order valence-electron chi connectivity index (χ1n) is 9.71. The molecule has 4 heteroatoms. The molecule has 0 aliphatic heterocycles. The topological polar surface area (TPSA) is 38.7 Å². The van der Waals surface area contributed by atoms with E-state index in [2.05, 4.69) is 36.4 Å². The molecule has 3 nitrogen and oxygen atoms in total. The summed E-state index contributed by atoms with van der Waals surface area (Å²) in [6.07, 6.45) is 0. The fourth-order valence-corrected chi connectivity index (χ4v) is 6.94. The summed E-state index contributed by atoms with van der Waals surface area (Å²) in [5, 5.41) is 3.12. The summed E-state index contributed by atoms with van der Waals surface area (Å²) in [5.41, 5.74) is 0.515. The Balaban J connectivity index is 2.04. The minimum Gasteiger partial charge on any atom is -0.497 e. The Hall–Kier alpha value is -3.42. The molecule has 0 bridgehead atoms. The molecule has 4 aromatic rings. The van der Waals surface area contributed by atoms with Crippen molar-refractivity contribution in [3.63, 3.8) is 0 Å². The summed E-state index contributed by atoms with van der Waals surface area (Å²) in [6.45, 7) is 0. The van der Waals surface area contributed by atoms with Gasteiger partial charge in [0.2, 0.25) is 0 Å². The van der Waals surface area contributed by atoms with E-state index in [1.54, 1.807) is 19.2 Å². The molecule has 0 aliphatic carbocycles. The van der Waals surface area contributed by atoms with E-state index in [-0.39, 0.29) is 5.91 Å². The third-order valence-electron chi connectivity index (χ3n) is 4.95. The van der Waals surface area contributed by atoms with Gasteiger partial charge >= 0.3 is 0 Å². The van der Waals surface area contributed by atoms with Crippen molar-refractivity contribution in [2.75, 3.05) is 7.11 Å². The van der Waals surface area contributed by atoms with Crippen molar-refractivity contribution in [2.24, 2.45) is 4.74 Å². The maximum atomic E-state index is 13.5. The summed E-state index contributed by atoms with van der Waals surface area (Å²) in [4.78, 5) is 13.5. The number of carbonyl (C=O) groups excluding carboxylic acids is 1. The van der Waals surface area contributed by atoms with Crippen LogP contribution in [0.15, 0.2) is 120 Å². The zero-order chi connectivity index (χ0) is 20.8. The van der Waals surface area contributed by atoms with Crippen LogP contribution in [0.4, 0.5) is 0 Å². The van der Waals surface area contributed by atoms with Crippen LogP contribution in [0.1, 0.15) is 10.4 Å². The van der Waals surface area contributed by atoms with E-state index in [1.807, 2.05) is 66.7 Å². The van der Waals surface area contributed by atoms with Gasteiger partial charge in [-0.05, 0) is 18.2 Å². The maximum Gasteiger partial charge on any atom is 0.276 e. The zero-order valence-electron chi connectivity index (χ0n) is 16.7. The van der Waals surface area contributed by atoms with Crippen molar-refractivity contribution in [2.45, 2.75) is 0 Å². The summed E-state index contributed by atoms with van der Waals surface area (Å²) in [6, 6.07) is 37.5. The predicted octanol–water partition coefficient (Wildman–Crippen LogP) is 5.01. The second-order valence-corrected chi connectivity index (χ2v) is 9.80. The van der Waals surface area contributed by atoms with Gasteiger partial charge in [0.05, 0.1) is 14.2 Å². The molecule has 0 aliphatic rings. The zero-order valence-corrected chi connectivity index (χ0v) is 17.6. The molecular weight excluding hydrogens is 389 g/mol. The van der Waals surface area contributed by atoms with Crippen molar-refractivity contribution < 1.29 is 9.53 Å². The van der Waals surface area contributed by atoms with Crippen LogP contribution in [0.5, 0.6) is 5.75 Å². The lowest BCUT2D eigenvalue weighted by atomic mass is 10.2. The molecule has 0 saturated heterocycles. The molecule has 0 fully saturated rings. The molecule has 148 valence electrons. The van der Waals surface area contributed by atoms with E-state index in [1.165, 1.54) is 0 Å². The number of benzene rings is 4. The van der Waals surface area contributed by atoms with Crippen LogP contribution in [0.2, 0.25) is 0 Å². The highest BCUT2D eigenvalue weighted by atomic mass is 31.2. The van der Waals surface area contributed by atoms with Crippen LogP contribution in [-0.2, 0) is 0 Å². The van der Waals surface area contributed by atoms with Gasteiger partial charge < -0.3 is 4.74 Å². The first-order chi connectivity index (χ1) is 14.7. The van der Waals surface area contributed by atoms with Crippen LogP contribution in [0, 0.1) is 0 Å². The molecule has 0 radical (unpaired) electrons. The third-order valence-corrected chi connectivity index (χ3v) is 8.57. The molecule has 0 unspecified atom stereocenters.